The van der Waals surface area contributed by atoms with Crippen molar-refractivity contribution in [3.63, 3.8) is 0 Å². The van der Waals surface area contributed by atoms with E-state index >= 15 is 0 Å². The van der Waals surface area contributed by atoms with Crippen molar-refractivity contribution in [2.75, 3.05) is 19.7 Å². The van der Waals surface area contributed by atoms with Crippen LogP contribution in [0.1, 0.15) is 40.5 Å². The number of carbonyl (C=O) groups is 1. The van der Waals surface area contributed by atoms with Crippen LogP contribution in [0.3, 0.4) is 0 Å². The predicted octanol–water partition coefficient (Wildman–Crippen LogP) is 0.981. The van der Waals surface area contributed by atoms with E-state index in [4.69, 9.17) is 10.8 Å². The Hall–Kier alpha value is -0.610. The van der Waals surface area contributed by atoms with Crippen LogP contribution >= 0.6 is 0 Å². The highest BCUT2D eigenvalue weighted by atomic mass is 16.3. The topological polar surface area (TPSA) is 66.6 Å². The van der Waals surface area contributed by atoms with E-state index in [2.05, 4.69) is 13.8 Å². The first-order chi connectivity index (χ1) is 7.29. The molecule has 0 aliphatic carbocycles. The first-order valence-electron chi connectivity index (χ1n) is 5.98. The maximum absolute atomic E-state index is 12.0. The summed E-state index contributed by atoms with van der Waals surface area (Å²) in [5, 5.41) is 8.73. The fourth-order valence-corrected chi connectivity index (χ4v) is 1.54. The molecular formula is C12H26N2O2. The van der Waals surface area contributed by atoms with Crippen molar-refractivity contribution in [3.05, 3.63) is 0 Å². The Balaban J connectivity index is 4.36. The Kier molecular flexibility index (Phi) is 6.60. The van der Waals surface area contributed by atoms with Gasteiger partial charge < -0.3 is 15.7 Å². The summed E-state index contributed by atoms with van der Waals surface area (Å²) in [4.78, 5) is 13.8. The third-order valence-corrected chi connectivity index (χ3v) is 2.26. The highest BCUT2D eigenvalue weighted by Crippen LogP contribution is 2.09. The van der Waals surface area contributed by atoms with Crippen molar-refractivity contribution in [2.45, 2.75) is 46.1 Å². The summed E-state index contributed by atoms with van der Waals surface area (Å²) in [5.74, 6) is 0.416. The fourth-order valence-electron chi connectivity index (χ4n) is 1.54. The third kappa shape index (κ3) is 6.08. The SMILES string of the molecule is CC(C)CN(CCCCO)C(=O)C(C)(C)N. The molecule has 0 heterocycles. The van der Waals surface area contributed by atoms with Gasteiger partial charge in [0.25, 0.3) is 0 Å². The zero-order valence-corrected chi connectivity index (χ0v) is 11.0. The quantitative estimate of drug-likeness (QED) is 0.641. The van der Waals surface area contributed by atoms with Crippen LogP contribution in [-0.4, -0.2) is 41.1 Å². The molecule has 0 atom stereocenters. The normalized spacial score (nSPS) is 11.9. The lowest BCUT2D eigenvalue weighted by atomic mass is 10.0. The van der Waals surface area contributed by atoms with Crippen LogP contribution in [0.2, 0.25) is 0 Å². The monoisotopic (exact) mass is 230 g/mol. The second-order valence-electron chi connectivity index (χ2n) is 5.30. The van der Waals surface area contributed by atoms with Crippen molar-refractivity contribution in [1.82, 2.24) is 4.90 Å². The molecule has 0 aromatic rings. The Morgan fingerprint density at radius 2 is 1.94 bits per heavy atom. The van der Waals surface area contributed by atoms with Gasteiger partial charge in [-0.3, -0.25) is 4.79 Å². The molecule has 4 heteroatoms. The number of aliphatic hydroxyl groups is 1. The average Bonchev–Trinajstić information content (AvgIpc) is 2.13. The molecule has 0 radical (unpaired) electrons. The molecule has 0 aliphatic rings. The number of carbonyl (C=O) groups excluding carboxylic acids is 1. The van der Waals surface area contributed by atoms with Crippen molar-refractivity contribution in [3.8, 4) is 0 Å². The van der Waals surface area contributed by atoms with Gasteiger partial charge in [-0.15, -0.1) is 0 Å². The van der Waals surface area contributed by atoms with E-state index in [1.165, 1.54) is 0 Å². The zero-order valence-electron chi connectivity index (χ0n) is 11.0. The maximum Gasteiger partial charge on any atom is 0.242 e. The van der Waals surface area contributed by atoms with E-state index in [9.17, 15) is 4.79 Å². The molecule has 0 saturated carbocycles. The van der Waals surface area contributed by atoms with Crippen molar-refractivity contribution < 1.29 is 9.90 Å². The van der Waals surface area contributed by atoms with Crippen LogP contribution in [0.5, 0.6) is 0 Å². The molecule has 0 fully saturated rings. The summed E-state index contributed by atoms with van der Waals surface area (Å²) >= 11 is 0. The number of hydrogen-bond donors (Lipinski definition) is 2. The van der Waals surface area contributed by atoms with Gasteiger partial charge in [-0.05, 0) is 32.6 Å². The van der Waals surface area contributed by atoms with Gasteiger partial charge in [0, 0.05) is 19.7 Å². The minimum Gasteiger partial charge on any atom is -0.396 e. The molecule has 0 spiro atoms. The predicted molar refractivity (Wildman–Crippen MR) is 66.0 cm³/mol. The summed E-state index contributed by atoms with van der Waals surface area (Å²) in [6.45, 7) is 9.20. The van der Waals surface area contributed by atoms with E-state index in [1.54, 1.807) is 18.7 Å². The third-order valence-electron chi connectivity index (χ3n) is 2.26. The van der Waals surface area contributed by atoms with E-state index in [0.717, 1.165) is 19.4 Å². The van der Waals surface area contributed by atoms with Crippen LogP contribution in [0.4, 0.5) is 0 Å². The molecule has 1 amide bonds. The summed E-state index contributed by atoms with van der Waals surface area (Å²) in [5.41, 5.74) is 5.01. The highest BCUT2D eigenvalue weighted by molar-refractivity contribution is 5.85. The minimum atomic E-state index is -0.811. The van der Waals surface area contributed by atoms with Gasteiger partial charge in [0.05, 0.1) is 5.54 Å². The van der Waals surface area contributed by atoms with Crippen LogP contribution < -0.4 is 5.73 Å². The summed E-state index contributed by atoms with van der Waals surface area (Å²) in [7, 11) is 0. The number of aliphatic hydroxyl groups excluding tert-OH is 1. The molecule has 0 bridgehead atoms. The Labute approximate surface area is 98.8 Å². The molecule has 96 valence electrons. The van der Waals surface area contributed by atoms with Crippen LogP contribution in [0, 0.1) is 5.92 Å². The molecule has 0 saturated heterocycles. The Morgan fingerprint density at radius 3 is 2.31 bits per heavy atom. The van der Waals surface area contributed by atoms with Crippen molar-refractivity contribution in [2.24, 2.45) is 11.7 Å². The van der Waals surface area contributed by atoms with Crippen LogP contribution in [0.15, 0.2) is 0 Å². The second-order valence-corrected chi connectivity index (χ2v) is 5.30. The van der Waals surface area contributed by atoms with E-state index < -0.39 is 5.54 Å². The van der Waals surface area contributed by atoms with E-state index in [1.807, 2.05) is 0 Å². The lowest BCUT2D eigenvalue weighted by molar-refractivity contribution is -0.136. The van der Waals surface area contributed by atoms with Gasteiger partial charge in [0.2, 0.25) is 5.91 Å². The molecule has 0 aliphatic heterocycles. The fraction of sp³-hybridized carbons (Fsp3) is 0.917. The van der Waals surface area contributed by atoms with E-state index in [-0.39, 0.29) is 12.5 Å². The molecule has 0 aromatic heterocycles. The molecule has 16 heavy (non-hydrogen) atoms. The van der Waals surface area contributed by atoms with Gasteiger partial charge in [-0.25, -0.2) is 0 Å². The van der Waals surface area contributed by atoms with Crippen molar-refractivity contribution >= 4 is 5.91 Å². The van der Waals surface area contributed by atoms with Crippen molar-refractivity contribution in [1.29, 1.82) is 0 Å². The zero-order chi connectivity index (χ0) is 12.8. The van der Waals surface area contributed by atoms with E-state index in [0.29, 0.717) is 12.5 Å². The number of unbranched alkanes of at least 4 members (excludes halogenated alkanes) is 1. The highest BCUT2D eigenvalue weighted by Gasteiger charge is 2.27. The first kappa shape index (κ1) is 15.4. The summed E-state index contributed by atoms with van der Waals surface area (Å²) in [6, 6.07) is 0. The lowest BCUT2D eigenvalue weighted by Crippen LogP contribution is -2.52. The van der Waals surface area contributed by atoms with Gasteiger partial charge in [0.1, 0.15) is 0 Å². The Morgan fingerprint density at radius 1 is 1.38 bits per heavy atom. The second kappa shape index (κ2) is 6.86. The maximum atomic E-state index is 12.0. The molecule has 0 aromatic carbocycles. The number of rotatable bonds is 7. The standard InChI is InChI=1S/C12H26N2O2/c1-10(2)9-14(7-5-6-8-15)11(16)12(3,4)13/h10,15H,5-9,13H2,1-4H3. The smallest absolute Gasteiger partial charge is 0.242 e. The number of amides is 1. The summed E-state index contributed by atoms with van der Waals surface area (Å²) < 4.78 is 0. The number of hydrogen-bond acceptors (Lipinski definition) is 3. The first-order valence-corrected chi connectivity index (χ1v) is 5.98. The molecule has 0 rings (SSSR count). The Bertz CT molecular complexity index is 210. The molecule has 4 nitrogen and oxygen atoms in total. The van der Waals surface area contributed by atoms with Gasteiger partial charge >= 0.3 is 0 Å². The number of nitrogens with zero attached hydrogens (tertiary/aromatic N) is 1. The van der Waals surface area contributed by atoms with Crippen LogP contribution in [-0.2, 0) is 4.79 Å². The molecule has 0 unspecified atom stereocenters. The largest absolute Gasteiger partial charge is 0.396 e. The average molecular weight is 230 g/mol. The number of nitrogens with two attached hydrogens (primary N) is 1. The van der Waals surface area contributed by atoms with Gasteiger partial charge in [-0.2, -0.15) is 0 Å². The molecular weight excluding hydrogens is 204 g/mol. The van der Waals surface area contributed by atoms with Gasteiger partial charge in [0.15, 0.2) is 0 Å². The van der Waals surface area contributed by atoms with Gasteiger partial charge in [-0.1, -0.05) is 13.8 Å². The lowest BCUT2D eigenvalue weighted by Gasteiger charge is -2.30. The van der Waals surface area contributed by atoms with Crippen LogP contribution in [0.25, 0.3) is 0 Å². The molecule has 3 N–H and O–H groups in total. The summed E-state index contributed by atoms with van der Waals surface area (Å²) in [6.07, 6.45) is 1.55. The minimum absolute atomic E-state index is 0.0147.